The highest BCUT2D eigenvalue weighted by Crippen LogP contribution is 2.28. The Balaban J connectivity index is 2.33. The molecule has 2 rings (SSSR count). The maximum Gasteiger partial charge on any atom is 0.224 e. The van der Waals surface area contributed by atoms with E-state index in [-0.39, 0.29) is 6.61 Å². The highest BCUT2D eigenvalue weighted by atomic mass is 127. The molecule has 0 unspecified atom stereocenters. The van der Waals surface area contributed by atoms with Gasteiger partial charge in [-0.2, -0.15) is 0 Å². The van der Waals surface area contributed by atoms with Crippen LogP contribution in [0, 0.1) is 3.57 Å². The molecule has 1 heterocycles. The van der Waals surface area contributed by atoms with Gasteiger partial charge in [0.05, 0.1) is 10.2 Å². The number of aliphatic hydroxyl groups is 1. The summed E-state index contributed by atoms with van der Waals surface area (Å²) in [4.78, 5) is 4.15. The van der Waals surface area contributed by atoms with E-state index < -0.39 is 0 Å². The molecule has 2 aromatic rings. The van der Waals surface area contributed by atoms with E-state index in [1.165, 1.54) is 0 Å². The number of rotatable bonds is 3. The summed E-state index contributed by atoms with van der Waals surface area (Å²) in [5.74, 6) is 1.16. The van der Waals surface area contributed by atoms with E-state index in [9.17, 15) is 5.11 Å². The number of pyridine rings is 1. The Kier molecular flexibility index (Phi) is 4.36. The Morgan fingerprint density at radius 1 is 1.35 bits per heavy atom. The van der Waals surface area contributed by atoms with Crippen molar-refractivity contribution in [3.8, 4) is 11.6 Å². The molecule has 88 valence electrons. The second-order valence-electron chi connectivity index (χ2n) is 3.31. The van der Waals surface area contributed by atoms with Crippen molar-refractivity contribution < 1.29 is 9.84 Å². The molecule has 1 aromatic heterocycles. The number of benzene rings is 1. The first-order valence-electron chi connectivity index (χ1n) is 4.88. The van der Waals surface area contributed by atoms with Gasteiger partial charge in [0, 0.05) is 16.2 Å². The van der Waals surface area contributed by atoms with Crippen molar-refractivity contribution in [1.82, 2.24) is 4.98 Å². The fourth-order valence-corrected chi connectivity index (χ4v) is 2.18. The van der Waals surface area contributed by atoms with Crippen LogP contribution in [0.15, 0.2) is 41.0 Å². The van der Waals surface area contributed by atoms with Crippen LogP contribution in [-0.2, 0) is 6.61 Å². The molecule has 0 aliphatic heterocycles. The molecule has 5 heteroatoms. The van der Waals surface area contributed by atoms with Crippen molar-refractivity contribution in [2.24, 2.45) is 0 Å². The van der Waals surface area contributed by atoms with Crippen LogP contribution in [0.1, 0.15) is 5.56 Å². The summed E-state index contributed by atoms with van der Waals surface area (Å²) in [7, 11) is 0. The average molecular weight is 406 g/mol. The van der Waals surface area contributed by atoms with Crippen molar-refractivity contribution in [3.05, 3.63) is 50.1 Å². The Hall–Kier alpha value is -0.660. The molecule has 0 aliphatic carbocycles. The third kappa shape index (κ3) is 3.17. The number of ether oxygens (including phenoxy) is 1. The summed E-state index contributed by atoms with van der Waals surface area (Å²) >= 11 is 5.50. The topological polar surface area (TPSA) is 42.4 Å². The fourth-order valence-electron chi connectivity index (χ4n) is 1.31. The normalized spacial score (nSPS) is 10.3. The van der Waals surface area contributed by atoms with Crippen LogP contribution in [0.3, 0.4) is 0 Å². The lowest BCUT2D eigenvalue weighted by atomic mass is 10.3. The molecule has 1 aromatic carbocycles. The predicted octanol–water partition coefficient (Wildman–Crippen LogP) is 3.73. The minimum atomic E-state index is -0.106. The molecular formula is C12H9BrINO2. The van der Waals surface area contributed by atoms with Gasteiger partial charge in [-0.3, -0.25) is 0 Å². The summed E-state index contributed by atoms with van der Waals surface area (Å²) in [5.41, 5.74) is 0.652. The molecule has 1 N–H and O–H groups in total. The Morgan fingerprint density at radius 3 is 2.82 bits per heavy atom. The van der Waals surface area contributed by atoms with E-state index in [1.54, 1.807) is 12.3 Å². The van der Waals surface area contributed by atoms with Gasteiger partial charge in [-0.05, 0) is 56.7 Å². The smallest absolute Gasteiger partial charge is 0.224 e. The van der Waals surface area contributed by atoms with E-state index in [1.807, 2.05) is 24.3 Å². The van der Waals surface area contributed by atoms with Crippen LogP contribution in [0.25, 0.3) is 0 Å². The van der Waals surface area contributed by atoms with Gasteiger partial charge in [-0.1, -0.05) is 12.1 Å². The monoisotopic (exact) mass is 405 g/mol. The molecule has 0 amide bonds. The number of para-hydroxylation sites is 1. The van der Waals surface area contributed by atoms with Gasteiger partial charge in [0.25, 0.3) is 0 Å². The van der Waals surface area contributed by atoms with Gasteiger partial charge in [0.2, 0.25) is 5.88 Å². The summed E-state index contributed by atoms with van der Waals surface area (Å²) in [5, 5.41) is 9.25. The second kappa shape index (κ2) is 5.79. The van der Waals surface area contributed by atoms with Gasteiger partial charge >= 0.3 is 0 Å². The van der Waals surface area contributed by atoms with Crippen molar-refractivity contribution in [2.45, 2.75) is 6.61 Å². The Labute approximate surface area is 121 Å². The lowest BCUT2D eigenvalue weighted by Crippen LogP contribution is -1.96. The first kappa shape index (κ1) is 12.8. The van der Waals surface area contributed by atoms with Crippen LogP contribution in [0.5, 0.6) is 11.6 Å². The lowest BCUT2D eigenvalue weighted by Gasteiger charge is -2.09. The Morgan fingerprint density at radius 2 is 2.12 bits per heavy atom. The molecule has 0 bridgehead atoms. The largest absolute Gasteiger partial charge is 0.438 e. The number of hydrogen-bond acceptors (Lipinski definition) is 3. The van der Waals surface area contributed by atoms with Crippen molar-refractivity contribution in [2.75, 3.05) is 0 Å². The van der Waals surface area contributed by atoms with E-state index in [0.717, 1.165) is 13.8 Å². The third-order valence-electron chi connectivity index (χ3n) is 2.11. The van der Waals surface area contributed by atoms with Gasteiger partial charge in [0.15, 0.2) is 0 Å². The van der Waals surface area contributed by atoms with E-state index in [0.29, 0.717) is 11.4 Å². The second-order valence-corrected chi connectivity index (χ2v) is 5.39. The van der Waals surface area contributed by atoms with E-state index >= 15 is 0 Å². The van der Waals surface area contributed by atoms with Gasteiger partial charge < -0.3 is 9.84 Å². The number of nitrogens with zero attached hydrogens (tertiary/aromatic N) is 1. The van der Waals surface area contributed by atoms with Gasteiger partial charge in [-0.25, -0.2) is 4.98 Å². The molecule has 0 saturated carbocycles. The van der Waals surface area contributed by atoms with Crippen LogP contribution < -0.4 is 4.74 Å². The molecule has 0 saturated heterocycles. The molecule has 0 spiro atoms. The molecule has 0 aliphatic rings. The number of aliphatic hydroxyl groups excluding tert-OH is 1. The quantitative estimate of drug-likeness (QED) is 0.791. The number of aromatic nitrogens is 1. The van der Waals surface area contributed by atoms with E-state index in [2.05, 4.69) is 43.5 Å². The summed E-state index contributed by atoms with van der Waals surface area (Å²) in [6.45, 7) is -0.106. The zero-order chi connectivity index (χ0) is 12.3. The summed E-state index contributed by atoms with van der Waals surface area (Å²) < 4.78 is 7.50. The third-order valence-corrected chi connectivity index (χ3v) is 3.43. The highest BCUT2D eigenvalue weighted by molar-refractivity contribution is 14.1. The first-order chi connectivity index (χ1) is 8.20. The molecule has 0 atom stereocenters. The summed E-state index contributed by atoms with van der Waals surface area (Å²) in [6.07, 6.45) is 1.64. The van der Waals surface area contributed by atoms with E-state index in [4.69, 9.17) is 4.74 Å². The van der Waals surface area contributed by atoms with Gasteiger partial charge in [0.1, 0.15) is 5.75 Å². The molecule has 0 fully saturated rings. The average Bonchev–Trinajstić information content (AvgIpc) is 2.34. The maximum absolute atomic E-state index is 9.25. The number of hydrogen-bond donors (Lipinski definition) is 1. The minimum Gasteiger partial charge on any atom is -0.438 e. The van der Waals surface area contributed by atoms with Crippen LogP contribution >= 0.6 is 38.5 Å². The van der Waals surface area contributed by atoms with Crippen LogP contribution in [0.2, 0.25) is 0 Å². The fraction of sp³-hybridized carbons (Fsp3) is 0.0833. The zero-order valence-electron chi connectivity index (χ0n) is 8.73. The standard InChI is InChI=1S/C12H9BrINO2/c13-9-5-8(7-16)12(15-6-9)17-11-4-2-1-3-10(11)14/h1-6,16H,7H2. The molecule has 17 heavy (non-hydrogen) atoms. The first-order valence-corrected chi connectivity index (χ1v) is 6.75. The molecule has 3 nitrogen and oxygen atoms in total. The van der Waals surface area contributed by atoms with Gasteiger partial charge in [-0.15, -0.1) is 0 Å². The predicted molar refractivity (Wildman–Crippen MR) is 77.1 cm³/mol. The molecular weight excluding hydrogens is 397 g/mol. The summed E-state index contributed by atoms with van der Waals surface area (Å²) in [6, 6.07) is 9.45. The maximum atomic E-state index is 9.25. The van der Waals surface area contributed by atoms with Crippen molar-refractivity contribution >= 4 is 38.5 Å². The zero-order valence-corrected chi connectivity index (χ0v) is 12.5. The van der Waals surface area contributed by atoms with Crippen LogP contribution in [0.4, 0.5) is 0 Å². The highest BCUT2D eigenvalue weighted by Gasteiger charge is 2.08. The Bertz CT molecular complexity index is 534. The molecule has 0 radical (unpaired) electrons. The minimum absolute atomic E-state index is 0.106. The van der Waals surface area contributed by atoms with Crippen molar-refractivity contribution in [3.63, 3.8) is 0 Å². The SMILES string of the molecule is OCc1cc(Br)cnc1Oc1ccccc1I. The number of halogens is 2. The lowest BCUT2D eigenvalue weighted by molar-refractivity contribution is 0.275. The van der Waals surface area contributed by atoms with Crippen molar-refractivity contribution in [1.29, 1.82) is 0 Å². The van der Waals surface area contributed by atoms with Crippen LogP contribution in [-0.4, -0.2) is 10.1 Å².